The molecule has 3 aliphatic heterocycles. The monoisotopic (exact) mass is 591 g/mol. The summed E-state index contributed by atoms with van der Waals surface area (Å²) in [7, 11) is -4.31. The van der Waals surface area contributed by atoms with Gasteiger partial charge in [0.05, 0.1) is 6.54 Å². The van der Waals surface area contributed by atoms with E-state index in [4.69, 9.17) is 0 Å². The van der Waals surface area contributed by atoms with E-state index in [1.54, 1.807) is 0 Å². The summed E-state index contributed by atoms with van der Waals surface area (Å²) in [6.07, 6.45) is 4.40. The van der Waals surface area contributed by atoms with Gasteiger partial charge in [-0.15, -0.1) is 22.7 Å². The van der Waals surface area contributed by atoms with Gasteiger partial charge in [0.1, 0.15) is 5.57 Å². The number of carbonyl (C=O) groups excluding carboxylic acids is 3. The van der Waals surface area contributed by atoms with Crippen molar-refractivity contribution in [2.24, 2.45) is 0 Å². The van der Waals surface area contributed by atoms with Gasteiger partial charge in [0.2, 0.25) is 5.91 Å². The van der Waals surface area contributed by atoms with Gasteiger partial charge in [-0.2, -0.15) is 8.42 Å². The Morgan fingerprint density at radius 2 is 1.36 bits per heavy atom. The van der Waals surface area contributed by atoms with Crippen LogP contribution in [0.5, 0.6) is 0 Å². The largest absolute Gasteiger partial charge is 0.374 e. The van der Waals surface area contributed by atoms with Crippen molar-refractivity contribution in [1.82, 2.24) is 23.3 Å². The highest BCUT2D eigenvalue weighted by molar-refractivity contribution is 7.88. The Bertz CT molecular complexity index is 1230. The van der Waals surface area contributed by atoms with Crippen LogP contribution in [0, 0.1) is 0 Å². The average Bonchev–Trinajstić information content (AvgIpc) is 3.71. The number of hydrogen-bond acceptors (Lipinski definition) is 9. The molecule has 2 aromatic rings. The van der Waals surface area contributed by atoms with Gasteiger partial charge in [-0.05, 0) is 35.7 Å². The van der Waals surface area contributed by atoms with Crippen LogP contribution in [0.1, 0.15) is 22.6 Å². The molecule has 0 atom stereocenters. The average molecular weight is 592 g/mol. The van der Waals surface area contributed by atoms with Crippen LogP contribution < -0.4 is 0 Å². The third-order valence-corrected chi connectivity index (χ3v) is 11.0. The first-order chi connectivity index (χ1) is 18.8. The van der Waals surface area contributed by atoms with Gasteiger partial charge in [-0.1, -0.05) is 12.1 Å². The number of rotatable bonds is 9. The molecule has 3 saturated heterocycles. The molecule has 0 saturated carbocycles. The first kappa shape index (κ1) is 27.8. The molecule has 3 aliphatic rings. The van der Waals surface area contributed by atoms with Crippen molar-refractivity contribution < 1.29 is 22.8 Å². The predicted octanol–water partition coefficient (Wildman–Crippen LogP) is 1.63. The smallest absolute Gasteiger partial charge is 0.331 e. The summed E-state index contributed by atoms with van der Waals surface area (Å²) in [6, 6.07) is 7.56. The van der Waals surface area contributed by atoms with E-state index in [1.807, 2.05) is 44.8 Å². The molecule has 0 radical (unpaired) electrons. The summed E-state index contributed by atoms with van der Waals surface area (Å²) in [5, 5.41) is 3.81. The molecule has 39 heavy (non-hydrogen) atoms. The van der Waals surface area contributed by atoms with Crippen LogP contribution in [0.25, 0.3) is 0 Å². The highest BCUT2D eigenvalue weighted by atomic mass is 32.2. The van der Waals surface area contributed by atoms with E-state index in [0.717, 1.165) is 44.3 Å². The second kappa shape index (κ2) is 12.2. The molecule has 3 amide bonds. The van der Waals surface area contributed by atoms with E-state index in [2.05, 4.69) is 4.90 Å². The van der Waals surface area contributed by atoms with E-state index >= 15 is 0 Å². The van der Waals surface area contributed by atoms with Crippen molar-refractivity contribution in [3.05, 3.63) is 56.6 Å². The molecular formula is C26H33N5O5S3. The van der Waals surface area contributed by atoms with Crippen molar-refractivity contribution in [2.45, 2.75) is 25.7 Å². The minimum absolute atomic E-state index is 0.0335. The van der Waals surface area contributed by atoms with Crippen LogP contribution in [0.15, 0.2) is 46.8 Å². The quantitative estimate of drug-likeness (QED) is 0.323. The van der Waals surface area contributed by atoms with E-state index < -0.39 is 22.0 Å². The first-order valence-corrected chi connectivity index (χ1v) is 16.4. The van der Waals surface area contributed by atoms with Gasteiger partial charge >= 0.3 is 10.2 Å². The van der Waals surface area contributed by atoms with Gasteiger partial charge in [0.15, 0.2) is 0 Å². The van der Waals surface area contributed by atoms with Crippen LogP contribution in [0.3, 0.4) is 0 Å². The number of carbonyl (C=O) groups is 3. The minimum Gasteiger partial charge on any atom is -0.374 e. The molecule has 0 unspecified atom stereocenters. The summed E-state index contributed by atoms with van der Waals surface area (Å²) in [5.41, 5.74) is -0.135. The van der Waals surface area contributed by atoms with Crippen molar-refractivity contribution in [1.29, 1.82) is 0 Å². The lowest BCUT2D eigenvalue weighted by atomic mass is 10.2. The van der Waals surface area contributed by atoms with Gasteiger partial charge < -0.3 is 9.80 Å². The molecule has 0 aliphatic carbocycles. The van der Waals surface area contributed by atoms with E-state index in [-0.39, 0.29) is 24.6 Å². The maximum atomic E-state index is 13.5. The second-order valence-corrected chi connectivity index (χ2v) is 13.7. The third-order valence-electron chi connectivity index (χ3n) is 7.29. The van der Waals surface area contributed by atoms with Gasteiger partial charge in [-0.25, -0.2) is 8.61 Å². The topological polar surface area (TPSA) is 102 Å². The van der Waals surface area contributed by atoms with Crippen molar-refractivity contribution in [3.8, 4) is 0 Å². The highest BCUT2D eigenvalue weighted by Gasteiger charge is 2.46. The lowest BCUT2D eigenvalue weighted by Gasteiger charge is -2.37. The number of thiophene rings is 2. The Kier molecular flexibility index (Phi) is 8.70. The zero-order chi connectivity index (χ0) is 27.4. The molecule has 3 fully saturated rings. The lowest BCUT2D eigenvalue weighted by molar-refractivity contribution is -0.132. The Morgan fingerprint density at radius 3 is 1.85 bits per heavy atom. The van der Waals surface area contributed by atoms with Crippen molar-refractivity contribution in [3.63, 3.8) is 0 Å². The van der Waals surface area contributed by atoms with Crippen molar-refractivity contribution >= 4 is 50.6 Å². The molecule has 13 heteroatoms. The number of amides is 3. The van der Waals surface area contributed by atoms with E-state index in [1.165, 1.54) is 28.9 Å². The predicted molar refractivity (Wildman–Crippen MR) is 150 cm³/mol. The normalized spacial score (nSPS) is 20.3. The standard InChI is InChI=1S/C26H33N5O5S3/c32-24(29-9-1-2-10-29)20-28-15-13-27(14-16-28)19-23-25(33)30(11-7-21-5-3-17-37-21)39(35,36)31(26(23)34)12-8-22-6-4-18-38-22/h3-6,17-19H,1-2,7-16,20H2. The summed E-state index contributed by atoms with van der Waals surface area (Å²) < 4.78 is 28.7. The van der Waals surface area contributed by atoms with Gasteiger partial charge in [0.25, 0.3) is 11.8 Å². The fraction of sp³-hybridized carbons (Fsp3) is 0.500. The maximum absolute atomic E-state index is 13.5. The van der Waals surface area contributed by atoms with Crippen molar-refractivity contribution in [2.75, 3.05) is 58.9 Å². The van der Waals surface area contributed by atoms with E-state index in [9.17, 15) is 22.8 Å². The molecule has 5 heterocycles. The third kappa shape index (κ3) is 6.37. The molecule has 5 rings (SSSR count). The van der Waals surface area contributed by atoms with Gasteiger partial charge in [0, 0.05) is 81.2 Å². The fourth-order valence-corrected chi connectivity index (χ4v) is 7.95. The number of piperazine rings is 1. The Hall–Kier alpha value is -2.74. The number of nitrogens with zero attached hydrogens (tertiary/aromatic N) is 5. The summed E-state index contributed by atoms with van der Waals surface area (Å²) >= 11 is 3.00. The molecule has 0 aromatic carbocycles. The maximum Gasteiger partial charge on any atom is 0.331 e. The van der Waals surface area contributed by atoms with Crippen LogP contribution in [0.2, 0.25) is 0 Å². The molecule has 210 valence electrons. The number of hydrogen-bond donors (Lipinski definition) is 0. The fourth-order valence-electron chi connectivity index (χ4n) is 5.06. The summed E-state index contributed by atoms with van der Waals surface area (Å²) in [6.45, 7) is 4.26. The van der Waals surface area contributed by atoms with Crippen LogP contribution in [-0.2, 0) is 37.4 Å². The SMILES string of the molecule is O=C(CN1CCN(C=C2C(=O)N(CCc3cccs3)S(=O)(=O)N(CCc3cccs3)C2=O)CC1)N1CCCC1. The zero-order valence-corrected chi connectivity index (χ0v) is 24.2. The van der Waals surface area contributed by atoms with Gasteiger partial charge in [-0.3, -0.25) is 19.3 Å². The Labute approximate surface area is 237 Å². The van der Waals surface area contributed by atoms with Crippen LogP contribution in [0.4, 0.5) is 0 Å². The molecule has 0 N–H and O–H groups in total. The summed E-state index contributed by atoms with van der Waals surface area (Å²) in [5.74, 6) is -1.42. The molecular weight excluding hydrogens is 559 g/mol. The lowest BCUT2D eigenvalue weighted by Crippen LogP contribution is -2.57. The second-order valence-electron chi connectivity index (χ2n) is 9.86. The molecule has 2 aromatic heterocycles. The Balaban J connectivity index is 1.30. The first-order valence-electron chi connectivity index (χ1n) is 13.2. The van der Waals surface area contributed by atoms with Crippen LogP contribution >= 0.6 is 22.7 Å². The molecule has 10 nitrogen and oxygen atoms in total. The number of likely N-dealkylation sites (tertiary alicyclic amines) is 1. The van der Waals surface area contributed by atoms with E-state index in [0.29, 0.717) is 45.6 Å². The molecule has 0 spiro atoms. The molecule has 0 bridgehead atoms. The zero-order valence-electron chi connectivity index (χ0n) is 21.7. The Morgan fingerprint density at radius 1 is 0.821 bits per heavy atom. The van der Waals surface area contributed by atoms with Crippen LogP contribution in [-0.4, -0.2) is 108 Å². The summed E-state index contributed by atoms with van der Waals surface area (Å²) in [4.78, 5) is 47.3. The highest BCUT2D eigenvalue weighted by Crippen LogP contribution is 2.25. The minimum atomic E-state index is -4.31.